The van der Waals surface area contributed by atoms with Gasteiger partial charge in [0.05, 0.1) is 6.61 Å². The summed E-state index contributed by atoms with van der Waals surface area (Å²) < 4.78 is 8.91. The maximum atomic E-state index is 10.8. The van der Waals surface area contributed by atoms with Gasteiger partial charge < -0.3 is 25.8 Å². The molecule has 0 spiro atoms. The average molecular weight is 261 g/mol. The zero-order chi connectivity index (χ0) is 12.6. The van der Waals surface area contributed by atoms with E-state index in [2.05, 4.69) is 9.36 Å². The number of carbonyl (C=O) groups is 1. The van der Waals surface area contributed by atoms with Crippen molar-refractivity contribution in [2.45, 2.75) is 24.4 Å². The second-order valence-corrected chi connectivity index (χ2v) is 4.36. The molecule has 94 valence electrons. The van der Waals surface area contributed by atoms with E-state index >= 15 is 0 Å². The van der Waals surface area contributed by atoms with Crippen molar-refractivity contribution in [1.82, 2.24) is 9.36 Å². The predicted octanol–water partition coefficient (Wildman–Crippen LogP) is -2.21. The molecule has 0 aromatic carbocycles. The molecule has 2 heterocycles. The highest BCUT2D eigenvalue weighted by Gasteiger charge is 2.44. The number of ether oxygens (including phenoxy) is 1. The number of primary amides is 1. The number of aromatic nitrogens is 2. The van der Waals surface area contributed by atoms with Crippen molar-refractivity contribution < 1.29 is 24.9 Å². The van der Waals surface area contributed by atoms with Crippen LogP contribution in [0.15, 0.2) is 0 Å². The van der Waals surface area contributed by atoms with Crippen molar-refractivity contribution in [2.24, 2.45) is 5.73 Å². The van der Waals surface area contributed by atoms with E-state index in [-0.39, 0.29) is 10.8 Å². The van der Waals surface area contributed by atoms with Gasteiger partial charge in [-0.2, -0.15) is 4.37 Å². The number of carbonyl (C=O) groups excluding carboxylic acids is 1. The topological polar surface area (TPSA) is 139 Å². The Labute approximate surface area is 99.8 Å². The minimum Gasteiger partial charge on any atom is -0.394 e. The van der Waals surface area contributed by atoms with Crippen LogP contribution in [0.4, 0.5) is 0 Å². The fourth-order valence-corrected chi connectivity index (χ4v) is 2.29. The van der Waals surface area contributed by atoms with Gasteiger partial charge in [-0.25, -0.2) is 4.98 Å². The van der Waals surface area contributed by atoms with Gasteiger partial charge in [-0.3, -0.25) is 4.79 Å². The maximum Gasteiger partial charge on any atom is 0.287 e. The summed E-state index contributed by atoms with van der Waals surface area (Å²) >= 11 is 0.854. The number of amides is 1. The second kappa shape index (κ2) is 4.63. The minimum absolute atomic E-state index is 0.164. The fourth-order valence-electron chi connectivity index (χ4n) is 1.55. The third-order valence-electron chi connectivity index (χ3n) is 2.45. The Kier molecular flexibility index (Phi) is 3.35. The van der Waals surface area contributed by atoms with Crippen molar-refractivity contribution in [1.29, 1.82) is 0 Å². The highest BCUT2D eigenvalue weighted by molar-refractivity contribution is 7.05. The third kappa shape index (κ3) is 2.15. The minimum atomic E-state index is -1.22. The van der Waals surface area contributed by atoms with Crippen LogP contribution in [0.1, 0.15) is 21.7 Å². The number of hydrogen-bond donors (Lipinski definition) is 4. The monoisotopic (exact) mass is 261 g/mol. The molecule has 17 heavy (non-hydrogen) atoms. The summed E-state index contributed by atoms with van der Waals surface area (Å²) in [6.07, 6.45) is -4.21. The summed E-state index contributed by atoms with van der Waals surface area (Å²) in [6, 6.07) is 0. The van der Waals surface area contributed by atoms with Gasteiger partial charge in [0.2, 0.25) is 5.82 Å². The first-order chi connectivity index (χ1) is 8.04. The van der Waals surface area contributed by atoms with E-state index in [0.29, 0.717) is 0 Å². The average Bonchev–Trinajstić information content (AvgIpc) is 2.87. The van der Waals surface area contributed by atoms with Crippen LogP contribution in [0.5, 0.6) is 0 Å². The molecule has 1 saturated heterocycles. The van der Waals surface area contributed by atoms with Gasteiger partial charge in [-0.15, -0.1) is 0 Å². The van der Waals surface area contributed by atoms with Crippen molar-refractivity contribution in [3.63, 3.8) is 0 Å². The maximum absolute atomic E-state index is 10.8. The molecule has 1 aromatic rings. The molecule has 0 saturated carbocycles. The number of nitrogens with zero attached hydrogens (tertiary/aromatic N) is 2. The second-order valence-electron chi connectivity index (χ2n) is 3.58. The molecular formula is C8H11N3O5S. The molecule has 1 fully saturated rings. The molecule has 5 N–H and O–H groups in total. The highest BCUT2D eigenvalue weighted by atomic mass is 32.1. The Bertz CT molecular complexity index is 425. The lowest BCUT2D eigenvalue weighted by atomic mass is 10.1. The Morgan fingerprint density at radius 1 is 1.47 bits per heavy atom. The molecule has 1 aliphatic heterocycles. The SMILES string of the molecule is NC(=O)c1nsc(C2OC(CO)C(O)C2O)n1. The van der Waals surface area contributed by atoms with Gasteiger partial charge >= 0.3 is 0 Å². The largest absolute Gasteiger partial charge is 0.394 e. The van der Waals surface area contributed by atoms with Gasteiger partial charge in [-0.1, -0.05) is 0 Å². The lowest BCUT2D eigenvalue weighted by Gasteiger charge is -2.10. The molecule has 0 aliphatic carbocycles. The van der Waals surface area contributed by atoms with Gasteiger partial charge in [0, 0.05) is 0 Å². The highest BCUT2D eigenvalue weighted by Crippen LogP contribution is 2.34. The number of nitrogens with two attached hydrogens (primary N) is 1. The Morgan fingerprint density at radius 3 is 2.65 bits per heavy atom. The summed E-state index contributed by atoms with van der Waals surface area (Å²) in [7, 11) is 0. The predicted molar refractivity (Wildman–Crippen MR) is 55.1 cm³/mol. The van der Waals surface area contributed by atoms with E-state index in [1.165, 1.54) is 0 Å². The van der Waals surface area contributed by atoms with Gasteiger partial charge in [0.25, 0.3) is 5.91 Å². The Balaban J connectivity index is 2.19. The molecule has 1 aromatic heterocycles. The first kappa shape index (κ1) is 12.3. The quantitative estimate of drug-likeness (QED) is 0.483. The molecule has 8 nitrogen and oxygen atoms in total. The van der Waals surface area contributed by atoms with Crippen LogP contribution >= 0.6 is 11.5 Å². The molecule has 0 bridgehead atoms. The molecule has 2 rings (SSSR count). The summed E-state index contributed by atoms with van der Waals surface area (Å²) in [6.45, 7) is -0.420. The van der Waals surface area contributed by atoms with E-state index < -0.39 is 36.9 Å². The van der Waals surface area contributed by atoms with Crippen LogP contribution in [0.3, 0.4) is 0 Å². The van der Waals surface area contributed by atoms with Crippen molar-refractivity contribution in [3.05, 3.63) is 10.8 Å². The third-order valence-corrected chi connectivity index (χ3v) is 3.22. The fraction of sp³-hybridized carbons (Fsp3) is 0.625. The summed E-state index contributed by atoms with van der Waals surface area (Å²) in [5.41, 5.74) is 4.99. The van der Waals surface area contributed by atoms with Gasteiger partial charge in [0.1, 0.15) is 29.4 Å². The number of aliphatic hydroxyl groups excluding tert-OH is 3. The smallest absolute Gasteiger partial charge is 0.287 e. The van der Waals surface area contributed by atoms with E-state index in [0.717, 1.165) is 11.5 Å². The van der Waals surface area contributed by atoms with Crippen LogP contribution in [-0.4, -0.2) is 55.5 Å². The molecule has 1 amide bonds. The first-order valence-electron chi connectivity index (χ1n) is 4.80. The van der Waals surface area contributed by atoms with Crippen LogP contribution in [0.25, 0.3) is 0 Å². The van der Waals surface area contributed by atoms with E-state index in [4.69, 9.17) is 15.6 Å². The van der Waals surface area contributed by atoms with E-state index in [1.807, 2.05) is 0 Å². The molecule has 1 aliphatic rings. The molecule has 0 radical (unpaired) electrons. The van der Waals surface area contributed by atoms with Crippen LogP contribution < -0.4 is 5.73 Å². The lowest BCUT2D eigenvalue weighted by Crippen LogP contribution is -2.32. The van der Waals surface area contributed by atoms with E-state index in [1.54, 1.807) is 0 Å². The van der Waals surface area contributed by atoms with Crippen LogP contribution in [0, 0.1) is 0 Å². The normalized spacial score (nSPS) is 32.9. The Hall–Kier alpha value is -1.13. The van der Waals surface area contributed by atoms with Gasteiger partial charge in [-0.05, 0) is 11.5 Å². The zero-order valence-electron chi connectivity index (χ0n) is 8.55. The zero-order valence-corrected chi connectivity index (χ0v) is 9.37. The standard InChI is InChI=1S/C8H11N3O5S/c9-6(15)7-10-8(17-11-7)5-4(14)3(13)2(1-12)16-5/h2-5,12-14H,1H2,(H2,9,15). The van der Waals surface area contributed by atoms with Crippen LogP contribution in [0.2, 0.25) is 0 Å². The number of hydrogen-bond acceptors (Lipinski definition) is 8. The lowest BCUT2D eigenvalue weighted by molar-refractivity contribution is -0.0228. The van der Waals surface area contributed by atoms with E-state index in [9.17, 15) is 15.0 Å². The van der Waals surface area contributed by atoms with Crippen molar-refractivity contribution >= 4 is 17.4 Å². The first-order valence-corrected chi connectivity index (χ1v) is 5.57. The molecule has 4 atom stereocenters. The summed E-state index contributed by atoms with van der Waals surface area (Å²) in [5, 5.41) is 28.4. The molecule has 9 heteroatoms. The molecular weight excluding hydrogens is 250 g/mol. The van der Waals surface area contributed by atoms with Gasteiger partial charge in [0.15, 0.2) is 0 Å². The van der Waals surface area contributed by atoms with Crippen LogP contribution in [-0.2, 0) is 4.74 Å². The number of aliphatic hydroxyl groups is 3. The Morgan fingerprint density at radius 2 is 2.18 bits per heavy atom. The molecule has 4 unspecified atom stereocenters. The summed E-state index contributed by atoms with van der Waals surface area (Å²) in [5.74, 6) is -0.943. The van der Waals surface area contributed by atoms with Crippen molar-refractivity contribution in [3.8, 4) is 0 Å². The number of rotatable bonds is 3. The van der Waals surface area contributed by atoms with Crippen molar-refractivity contribution in [2.75, 3.05) is 6.61 Å². The summed E-state index contributed by atoms with van der Waals surface area (Å²) in [4.78, 5) is 14.6.